The minimum atomic E-state index is 0.0904. The lowest BCUT2D eigenvalue weighted by Crippen LogP contribution is -2.13. The number of anilines is 4. The highest BCUT2D eigenvalue weighted by molar-refractivity contribution is 5.98. The maximum Gasteiger partial charge on any atom is 0.229 e. The number of aromatic nitrogens is 2. The van der Waals surface area contributed by atoms with E-state index in [4.69, 9.17) is 5.26 Å². The van der Waals surface area contributed by atoms with Crippen LogP contribution in [0.5, 0.6) is 0 Å². The molecule has 0 atom stereocenters. The molecule has 0 aliphatic rings. The zero-order valence-corrected chi connectivity index (χ0v) is 21.7. The van der Waals surface area contributed by atoms with Crippen LogP contribution in [0.3, 0.4) is 0 Å². The third-order valence-corrected chi connectivity index (χ3v) is 6.28. The first-order chi connectivity index (χ1) is 18.4. The highest BCUT2D eigenvalue weighted by Gasteiger charge is 2.12. The van der Waals surface area contributed by atoms with Crippen molar-refractivity contribution in [1.82, 2.24) is 9.97 Å². The summed E-state index contributed by atoms with van der Waals surface area (Å²) < 4.78 is 0. The van der Waals surface area contributed by atoms with Crippen molar-refractivity contribution in [2.45, 2.75) is 33.1 Å². The Hall–Kier alpha value is -4.83. The van der Waals surface area contributed by atoms with E-state index in [0.717, 1.165) is 28.1 Å². The summed E-state index contributed by atoms with van der Waals surface area (Å²) in [5.41, 5.74) is 5.62. The van der Waals surface area contributed by atoms with Crippen molar-refractivity contribution in [3.05, 3.63) is 107 Å². The van der Waals surface area contributed by atoms with E-state index < -0.39 is 0 Å². The number of benzene rings is 3. The van der Waals surface area contributed by atoms with Gasteiger partial charge in [0, 0.05) is 49.4 Å². The van der Waals surface area contributed by atoms with Crippen molar-refractivity contribution in [1.29, 1.82) is 5.26 Å². The van der Waals surface area contributed by atoms with E-state index in [1.807, 2.05) is 80.4 Å². The van der Waals surface area contributed by atoms with E-state index in [0.29, 0.717) is 42.2 Å². The first kappa shape index (κ1) is 26.2. The standard InChI is InChI=1S/C31H29N5O2/c1-4-29(38)28-19-25(11-8-21(28)2)34-31-33-15-14-30(35-31)36(3)26-12-9-22(10-13-26)17-27(37)18-23-6-5-7-24(16-23)20-32/h5-16,19H,4,17-18H2,1-3H3,(H,33,34,35). The predicted molar refractivity (Wildman–Crippen MR) is 149 cm³/mol. The van der Waals surface area contributed by atoms with Gasteiger partial charge in [0.15, 0.2) is 5.78 Å². The van der Waals surface area contributed by atoms with Crippen LogP contribution < -0.4 is 10.2 Å². The third-order valence-electron chi connectivity index (χ3n) is 6.28. The Labute approximate surface area is 222 Å². The van der Waals surface area contributed by atoms with Gasteiger partial charge in [0.1, 0.15) is 11.6 Å². The Morgan fingerprint density at radius 2 is 1.74 bits per heavy atom. The number of aryl methyl sites for hydroxylation is 1. The summed E-state index contributed by atoms with van der Waals surface area (Å²) in [4.78, 5) is 35.7. The number of nitrogens with one attached hydrogen (secondary N) is 1. The largest absolute Gasteiger partial charge is 0.329 e. The molecule has 0 saturated heterocycles. The number of carbonyl (C=O) groups excluding carboxylic acids is 2. The second-order valence-electron chi connectivity index (χ2n) is 9.10. The number of hydrogen-bond donors (Lipinski definition) is 1. The third kappa shape index (κ3) is 6.48. The van der Waals surface area contributed by atoms with Crippen molar-refractivity contribution in [3.63, 3.8) is 0 Å². The minimum Gasteiger partial charge on any atom is -0.329 e. The molecule has 0 fully saturated rings. The highest BCUT2D eigenvalue weighted by Crippen LogP contribution is 2.25. The molecule has 4 rings (SSSR count). The second kappa shape index (κ2) is 11.9. The first-order valence-electron chi connectivity index (χ1n) is 12.4. The van der Waals surface area contributed by atoms with Crippen LogP contribution in [-0.4, -0.2) is 28.6 Å². The van der Waals surface area contributed by atoms with Crippen molar-refractivity contribution < 1.29 is 9.59 Å². The van der Waals surface area contributed by atoms with Crippen LogP contribution in [0.25, 0.3) is 0 Å². The number of carbonyl (C=O) groups is 2. The van der Waals surface area contributed by atoms with Crippen LogP contribution >= 0.6 is 0 Å². The molecule has 0 aliphatic carbocycles. The van der Waals surface area contributed by atoms with Gasteiger partial charge in [0.25, 0.3) is 0 Å². The average Bonchev–Trinajstić information content (AvgIpc) is 2.94. The second-order valence-corrected chi connectivity index (χ2v) is 9.10. The van der Waals surface area contributed by atoms with Crippen LogP contribution in [0.1, 0.15) is 46.0 Å². The molecule has 7 nitrogen and oxygen atoms in total. The molecule has 0 spiro atoms. The summed E-state index contributed by atoms with van der Waals surface area (Å²) in [6.45, 7) is 3.78. The molecule has 0 saturated carbocycles. The lowest BCUT2D eigenvalue weighted by atomic mass is 10.0. The first-order valence-corrected chi connectivity index (χ1v) is 12.4. The number of Topliss-reactive ketones (excluding diaryl/α,β-unsaturated/α-hetero) is 2. The summed E-state index contributed by atoms with van der Waals surface area (Å²) >= 11 is 0. The summed E-state index contributed by atoms with van der Waals surface area (Å²) in [7, 11) is 1.92. The highest BCUT2D eigenvalue weighted by atomic mass is 16.1. The molecular weight excluding hydrogens is 474 g/mol. The molecule has 1 heterocycles. The van der Waals surface area contributed by atoms with Gasteiger partial charge in [-0.25, -0.2) is 4.98 Å². The van der Waals surface area contributed by atoms with Gasteiger partial charge in [-0.15, -0.1) is 0 Å². The van der Waals surface area contributed by atoms with Crippen LogP contribution in [0, 0.1) is 18.3 Å². The van der Waals surface area contributed by atoms with Gasteiger partial charge in [0.05, 0.1) is 11.6 Å². The summed E-state index contributed by atoms with van der Waals surface area (Å²) in [5.74, 6) is 1.31. The lowest BCUT2D eigenvalue weighted by molar-refractivity contribution is -0.117. The lowest BCUT2D eigenvalue weighted by Gasteiger charge is -2.19. The normalized spacial score (nSPS) is 10.5. The fraction of sp³-hybridized carbons (Fsp3) is 0.194. The fourth-order valence-electron chi connectivity index (χ4n) is 4.15. The molecule has 1 aromatic heterocycles. The number of nitriles is 1. The Kier molecular flexibility index (Phi) is 8.24. The van der Waals surface area contributed by atoms with Gasteiger partial charge in [-0.1, -0.05) is 37.3 Å². The van der Waals surface area contributed by atoms with E-state index in [1.165, 1.54) is 0 Å². The van der Waals surface area contributed by atoms with Gasteiger partial charge in [-0.3, -0.25) is 9.59 Å². The van der Waals surface area contributed by atoms with E-state index in [1.54, 1.807) is 24.4 Å². The summed E-state index contributed by atoms with van der Waals surface area (Å²) in [5, 5.41) is 12.2. The number of nitrogens with zero attached hydrogens (tertiary/aromatic N) is 4. The molecule has 0 radical (unpaired) electrons. The van der Waals surface area contributed by atoms with Crippen LogP contribution in [-0.2, 0) is 17.6 Å². The Morgan fingerprint density at radius 1 is 0.974 bits per heavy atom. The van der Waals surface area contributed by atoms with Gasteiger partial charge in [0.2, 0.25) is 5.95 Å². The molecule has 7 heteroatoms. The molecule has 0 amide bonds. The van der Waals surface area contributed by atoms with Crippen LogP contribution in [0.4, 0.5) is 23.1 Å². The molecule has 1 N–H and O–H groups in total. The van der Waals surface area contributed by atoms with Crippen molar-refractivity contribution in [2.24, 2.45) is 0 Å². The monoisotopic (exact) mass is 503 g/mol. The Morgan fingerprint density at radius 3 is 2.47 bits per heavy atom. The number of ketones is 2. The molecule has 190 valence electrons. The Bertz CT molecular complexity index is 1510. The number of hydrogen-bond acceptors (Lipinski definition) is 7. The van der Waals surface area contributed by atoms with Crippen molar-refractivity contribution >= 4 is 34.7 Å². The maximum absolute atomic E-state index is 12.6. The quantitative estimate of drug-likeness (QED) is 0.260. The van der Waals surface area contributed by atoms with Crippen LogP contribution in [0.15, 0.2) is 79.0 Å². The minimum absolute atomic E-state index is 0.0904. The molecule has 0 bridgehead atoms. The Balaban J connectivity index is 1.42. The summed E-state index contributed by atoms with van der Waals surface area (Å²) in [6.07, 6.45) is 2.75. The molecular formula is C31H29N5O2. The van der Waals surface area contributed by atoms with Crippen LogP contribution in [0.2, 0.25) is 0 Å². The number of rotatable bonds is 10. The molecule has 0 aliphatic heterocycles. The van der Waals surface area contributed by atoms with E-state index in [9.17, 15) is 9.59 Å². The molecule has 0 unspecified atom stereocenters. The van der Waals surface area contributed by atoms with Gasteiger partial charge < -0.3 is 10.2 Å². The van der Waals surface area contributed by atoms with Crippen molar-refractivity contribution in [2.75, 3.05) is 17.3 Å². The SMILES string of the molecule is CCC(=O)c1cc(Nc2nccc(N(C)c3ccc(CC(=O)Cc4cccc(C#N)c4)cc3)n2)ccc1C. The smallest absolute Gasteiger partial charge is 0.229 e. The molecule has 38 heavy (non-hydrogen) atoms. The zero-order chi connectivity index (χ0) is 27.1. The van der Waals surface area contributed by atoms with Gasteiger partial charge in [-0.05, 0) is 66.1 Å². The zero-order valence-electron chi connectivity index (χ0n) is 21.7. The molecule has 4 aromatic rings. The maximum atomic E-state index is 12.6. The van der Waals surface area contributed by atoms with E-state index in [2.05, 4.69) is 21.4 Å². The predicted octanol–water partition coefficient (Wildman–Crippen LogP) is 6.12. The average molecular weight is 504 g/mol. The van der Waals surface area contributed by atoms with Gasteiger partial charge >= 0.3 is 0 Å². The van der Waals surface area contributed by atoms with E-state index >= 15 is 0 Å². The summed E-state index contributed by atoms with van der Waals surface area (Å²) in [6, 6.07) is 24.5. The topological polar surface area (TPSA) is 99.0 Å². The van der Waals surface area contributed by atoms with E-state index in [-0.39, 0.29) is 11.6 Å². The molecule has 3 aromatic carbocycles. The van der Waals surface area contributed by atoms with Crippen molar-refractivity contribution in [3.8, 4) is 6.07 Å². The fourth-order valence-corrected chi connectivity index (χ4v) is 4.15. The van der Waals surface area contributed by atoms with Gasteiger partial charge in [-0.2, -0.15) is 10.2 Å².